The lowest BCUT2D eigenvalue weighted by Gasteiger charge is -2.54. The quantitative estimate of drug-likeness (QED) is 0.906. The molecule has 1 saturated heterocycles. The molecule has 2 aliphatic rings. The van der Waals surface area contributed by atoms with E-state index in [1.807, 2.05) is 0 Å². The number of nitrogens with two attached hydrogens (primary N) is 1. The number of benzene rings is 1. The summed E-state index contributed by atoms with van der Waals surface area (Å²) in [6.45, 7) is 7.90. The minimum atomic E-state index is -0.101. The SMILES string of the molecule is CN1CCN(C2(CN)CCOC(C)(C)C2)c2ccccc21. The van der Waals surface area contributed by atoms with Crippen LogP contribution in [-0.2, 0) is 4.74 Å². The summed E-state index contributed by atoms with van der Waals surface area (Å²) >= 11 is 0. The number of nitrogens with zero attached hydrogens (tertiary/aromatic N) is 2. The molecule has 0 aliphatic carbocycles. The van der Waals surface area contributed by atoms with Gasteiger partial charge >= 0.3 is 0 Å². The summed E-state index contributed by atoms with van der Waals surface area (Å²) in [4.78, 5) is 4.88. The van der Waals surface area contributed by atoms with Crippen molar-refractivity contribution < 1.29 is 4.74 Å². The zero-order valence-corrected chi connectivity index (χ0v) is 13.4. The van der Waals surface area contributed by atoms with E-state index in [1.165, 1.54) is 11.4 Å². The summed E-state index contributed by atoms with van der Waals surface area (Å²) in [7, 11) is 2.17. The van der Waals surface area contributed by atoms with Crippen LogP contribution in [0.5, 0.6) is 0 Å². The van der Waals surface area contributed by atoms with Gasteiger partial charge in [-0.3, -0.25) is 0 Å². The van der Waals surface area contributed by atoms with Gasteiger partial charge in [0, 0.05) is 39.7 Å². The Morgan fingerprint density at radius 2 is 1.90 bits per heavy atom. The van der Waals surface area contributed by atoms with Crippen molar-refractivity contribution in [1.29, 1.82) is 0 Å². The van der Waals surface area contributed by atoms with E-state index in [1.54, 1.807) is 0 Å². The first-order valence-electron chi connectivity index (χ1n) is 7.89. The standard InChI is InChI=1S/C17H27N3O/c1-16(2)12-17(13-18,8-11-21-16)20-10-9-19(3)14-6-4-5-7-15(14)20/h4-7H,8-13,18H2,1-3H3. The van der Waals surface area contributed by atoms with Gasteiger partial charge in [0.1, 0.15) is 0 Å². The molecule has 0 aromatic heterocycles. The summed E-state index contributed by atoms with van der Waals surface area (Å²) in [5.74, 6) is 0. The Balaban J connectivity index is 2.00. The van der Waals surface area contributed by atoms with Crippen molar-refractivity contribution in [3.63, 3.8) is 0 Å². The molecule has 1 fully saturated rings. The molecule has 0 amide bonds. The number of hydrogen-bond acceptors (Lipinski definition) is 4. The molecular formula is C17H27N3O. The smallest absolute Gasteiger partial charge is 0.0649 e. The average molecular weight is 289 g/mol. The van der Waals surface area contributed by atoms with E-state index in [2.05, 4.69) is 55.0 Å². The van der Waals surface area contributed by atoms with Gasteiger partial charge in [0.15, 0.2) is 0 Å². The van der Waals surface area contributed by atoms with Crippen LogP contribution in [0.1, 0.15) is 26.7 Å². The largest absolute Gasteiger partial charge is 0.375 e. The van der Waals surface area contributed by atoms with Crippen LogP contribution >= 0.6 is 0 Å². The van der Waals surface area contributed by atoms with Gasteiger partial charge in [-0.1, -0.05) is 12.1 Å². The zero-order valence-electron chi connectivity index (χ0n) is 13.4. The molecule has 0 radical (unpaired) electrons. The van der Waals surface area contributed by atoms with E-state index in [4.69, 9.17) is 10.5 Å². The Kier molecular flexibility index (Phi) is 3.62. The fraction of sp³-hybridized carbons (Fsp3) is 0.647. The lowest BCUT2D eigenvalue weighted by molar-refractivity contribution is -0.0794. The van der Waals surface area contributed by atoms with E-state index in [-0.39, 0.29) is 11.1 Å². The van der Waals surface area contributed by atoms with Crippen molar-refractivity contribution in [3.8, 4) is 0 Å². The van der Waals surface area contributed by atoms with Gasteiger partial charge in [0.05, 0.1) is 22.5 Å². The van der Waals surface area contributed by atoms with E-state index < -0.39 is 0 Å². The van der Waals surface area contributed by atoms with Gasteiger partial charge in [0.25, 0.3) is 0 Å². The highest BCUT2D eigenvalue weighted by Crippen LogP contribution is 2.42. The minimum absolute atomic E-state index is 0.0130. The van der Waals surface area contributed by atoms with Gasteiger partial charge in [-0.15, -0.1) is 0 Å². The summed E-state index contributed by atoms with van der Waals surface area (Å²) in [5, 5.41) is 0. The second kappa shape index (κ2) is 5.18. The fourth-order valence-corrected chi connectivity index (χ4v) is 3.96. The van der Waals surface area contributed by atoms with Crippen LogP contribution < -0.4 is 15.5 Å². The maximum Gasteiger partial charge on any atom is 0.0649 e. The maximum atomic E-state index is 6.27. The van der Waals surface area contributed by atoms with Crippen LogP contribution in [0.25, 0.3) is 0 Å². The molecule has 2 aliphatic heterocycles. The molecule has 2 N–H and O–H groups in total. The number of para-hydroxylation sites is 2. The van der Waals surface area contributed by atoms with Crippen molar-refractivity contribution in [2.75, 3.05) is 43.1 Å². The highest BCUT2D eigenvalue weighted by atomic mass is 16.5. The molecule has 1 unspecified atom stereocenters. The van der Waals surface area contributed by atoms with Crippen LogP contribution in [-0.4, -0.2) is 44.4 Å². The van der Waals surface area contributed by atoms with E-state index in [0.29, 0.717) is 6.54 Å². The van der Waals surface area contributed by atoms with Crippen molar-refractivity contribution >= 4 is 11.4 Å². The fourth-order valence-electron chi connectivity index (χ4n) is 3.96. The molecule has 1 aromatic rings. The van der Waals surface area contributed by atoms with Gasteiger partial charge in [-0.2, -0.15) is 0 Å². The van der Waals surface area contributed by atoms with Gasteiger partial charge in [0.2, 0.25) is 0 Å². The van der Waals surface area contributed by atoms with Crippen LogP contribution in [0, 0.1) is 0 Å². The summed E-state index contributed by atoms with van der Waals surface area (Å²) in [5.41, 5.74) is 8.80. The van der Waals surface area contributed by atoms with Crippen molar-refractivity contribution in [1.82, 2.24) is 0 Å². The molecule has 21 heavy (non-hydrogen) atoms. The van der Waals surface area contributed by atoms with E-state index in [9.17, 15) is 0 Å². The Hall–Kier alpha value is -1.26. The molecule has 3 rings (SSSR count). The maximum absolute atomic E-state index is 6.27. The Labute approximate surface area is 127 Å². The highest BCUT2D eigenvalue weighted by molar-refractivity contribution is 5.74. The third-order valence-electron chi connectivity index (χ3n) is 5.01. The van der Waals surface area contributed by atoms with Gasteiger partial charge in [-0.05, 0) is 32.4 Å². The monoisotopic (exact) mass is 289 g/mol. The summed E-state index contributed by atoms with van der Waals surface area (Å²) < 4.78 is 5.93. The van der Waals surface area contributed by atoms with Crippen LogP contribution in [0.4, 0.5) is 11.4 Å². The van der Waals surface area contributed by atoms with Gasteiger partial charge < -0.3 is 20.3 Å². The highest BCUT2D eigenvalue weighted by Gasteiger charge is 2.45. The van der Waals surface area contributed by atoms with Crippen molar-refractivity contribution in [2.45, 2.75) is 37.8 Å². The Bertz CT molecular complexity index is 517. The lowest BCUT2D eigenvalue weighted by Crippen LogP contribution is -2.63. The normalized spacial score (nSPS) is 28.4. The topological polar surface area (TPSA) is 41.7 Å². The third-order valence-corrected chi connectivity index (χ3v) is 5.01. The second-order valence-electron chi connectivity index (χ2n) is 7.03. The summed E-state index contributed by atoms with van der Waals surface area (Å²) in [6.07, 6.45) is 1.99. The Morgan fingerprint density at radius 3 is 2.57 bits per heavy atom. The molecule has 0 saturated carbocycles. The number of rotatable bonds is 2. The lowest BCUT2D eigenvalue weighted by atomic mass is 9.79. The number of hydrogen-bond donors (Lipinski definition) is 1. The first-order valence-corrected chi connectivity index (χ1v) is 7.89. The van der Waals surface area contributed by atoms with Crippen LogP contribution in [0.15, 0.2) is 24.3 Å². The molecular weight excluding hydrogens is 262 g/mol. The number of fused-ring (bicyclic) bond motifs is 1. The van der Waals surface area contributed by atoms with Crippen molar-refractivity contribution in [2.24, 2.45) is 5.73 Å². The first kappa shape index (κ1) is 14.7. The predicted octanol–water partition coefficient (Wildman–Crippen LogP) is 2.23. The van der Waals surface area contributed by atoms with Crippen LogP contribution in [0.2, 0.25) is 0 Å². The molecule has 1 aromatic carbocycles. The minimum Gasteiger partial charge on any atom is -0.375 e. The zero-order chi connectivity index (χ0) is 15.1. The number of anilines is 2. The third kappa shape index (κ3) is 2.51. The molecule has 0 bridgehead atoms. The second-order valence-corrected chi connectivity index (χ2v) is 7.03. The van der Waals surface area contributed by atoms with E-state index in [0.717, 1.165) is 32.5 Å². The first-order chi connectivity index (χ1) is 9.97. The number of likely N-dealkylation sites (N-methyl/N-ethyl adjacent to an activating group) is 1. The molecule has 2 heterocycles. The van der Waals surface area contributed by atoms with Crippen molar-refractivity contribution in [3.05, 3.63) is 24.3 Å². The molecule has 1 atom stereocenters. The Morgan fingerprint density at radius 1 is 1.19 bits per heavy atom. The van der Waals surface area contributed by atoms with Gasteiger partial charge in [-0.25, -0.2) is 0 Å². The molecule has 4 nitrogen and oxygen atoms in total. The molecule has 0 spiro atoms. The molecule has 4 heteroatoms. The van der Waals surface area contributed by atoms with E-state index >= 15 is 0 Å². The summed E-state index contributed by atoms with van der Waals surface area (Å²) in [6, 6.07) is 8.67. The number of ether oxygens (including phenoxy) is 1. The predicted molar refractivity (Wildman–Crippen MR) is 88.1 cm³/mol. The van der Waals surface area contributed by atoms with Crippen LogP contribution in [0.3, 0.4) is 0 Å². The molecule has 116 valence electrons. The average Bonchev–Trinajstić information content (AvgIpc) is 2.46.